The van der Waals surface area contributed by atoms with Crippen LogP contribution < -0.4 is 9.46 Å². The van der Waals surface area contributed by atoms with Crippen molar-refractivity contribution in [3.63, 3.8) is 0 Å². The van der Waals surface area contributed by atoms with Crippen LogP contribution in [0.5, 0.6) is 5.75 Å². The van der Waals surface area contributed by atoms with Crippen molar-refractivity contribution >= 4 is 10.0 Å². The van der Waals surface area contributed by atoms with Crippen molar-refractivity contribution in [1.82, 2.24) is 4.72 Å². The molecule has 2 rings (SSSR count). The molecule has 5 heteroatoms. The first kappa shape index (κ1) is 16.5. The van der Waals surface area contributed by atoms with Gasteiger partial charge in [0.2, 0.25) is 10.0 Å². The van der Waals surface area contributed by atoms with E-state index in [1.165, 1.54) is 0 Å². The highest BCUT2D eigenvalue weighted by Gasteiger charge is 2.18. The maximum Gasteiger partial charge on any atom is 0.240 e. The molecule has 0 spiro atoms. The summed E-state index contributed by atoms with van der Waals surface area (Å²) in [6.45, 7) is 5.71. The SMILES string of the molecule is Cc1ccc(C)c(S(=O)(=O)NCC(C)Oc2ccccc2)c1. The Morgan fingerprint density at radius 3 is 2.45 bits per heavy atom. The zero-order chi connectivity index (χ0) is 16.2. The Morgan fingerprint density at radius 1 is 1.09 bits per heavy atom. The van der Waals surface area contributed by atoms with Crippen molar-refractivity contribution in [2.24, 2.45) is 0 Å². The molecular formula is C17H21NO3S. The molecule has 1 unspecified atom stereocenters. The van der Waals surface area contributed by atoms with Gasteiger partial charge in [-0.05, 0) is 50.1 Å². The Labute approximate surface area is 132 Å². The van der Waals surface area contributed by atoms with Crippen LogP contribution in [0.4, 0.5) is 0 Å². The predicted molar refractivity (Wildman–Crippen MR) is 87.6 cm³/mol. The minimum absolute atomic E-state index is 0.213. The molecule has 0 saturated heterocycles. The Bertz CT molecular complexity index is 727. The molecule has 22 heavy (non-hydrogen) atoms. The van der Waals surface area contributed by atoms with Gasteiger partial charge in [-0.2, -0.15) is 0 Å². The van der Waals surface area contributed by atoms with Crippen molar-refractivity contribution in [2.45, 2.75) is 31.8 Å². The molecule has 0 amide bonds. The molecule has 0 aliphatic carbocycles. The molecule has 0 aliphatic rings. The summed E-state index contributed by atoms with van der Waals surface area (Å²) >= 11 is 0. The number of sulfonamides is 1. The number of hydrogen-bond donors (Lipinski definition) is 1. The van der Waals surface area contributed by atoms with Crippen molar-refractivity contribution < 1.29 is 13.2 Å². The van der Waals surface area contributed by atoms with Crippen LogP contribution >= 0.6 is 0 Å². The maximum absolute atomic E-state index is 12.4. The molecule has 0 heterocycles. The van der Waals surface area contributed by atoms with E-state index in [9.17, 15) is 8.42 Å². The van der Waals surface area contributed by atoms with E-state index in [1.807, 2.05) is 56.3 Å². The number of benzene rings is 2. The minimum Gasteiger partial charge on any atom is -0.489 e. The van der Waals surface area contributed by atoms with Crippen LogP contribution in [0.25, 0.3) is 0 Å². The topological polar surface area (TPSA) is 55.4 Å². The Hall–Kier alpha value is -1.85. The monoisotopic (exact) mass is 319 g/mol. The third kappa shape index (κ3) is 4.32. The first-order chi connectivity index (χ1) is 10.4. The molecule has 0 fully saturated rings. The highest BCUT2D eigenvalue weighted by atomic mass is 32.2. The van der Waals surface area contributed by atoms with Gasteiger partial charge in [0.15, 0.2) is 0 Å². The summed E-state index contributed by atoms with van der Waals surface area (Å²) in [7, 11) is -3.53. The summed E-state index contributed by atoms with van der Waals surface area (Å²) in [6, 6.07) is 14.7. The zero-order valence-corrected chi connectivity index (χ0v) is 13.9. The molecule has 0 radical (unpaired) electrons. The summed E-state index contributed by atoms with van der Waals surface area (Å²) in [5.41, 5.74) is 1.65. The van der Waals surface area contributed by atoms with Gasteiger partial charge in [-0.15, -0.1) is 0 Å². The van der Waals surface area contributed by atoms with E-state index in [4.69, 9.17) is 4.74 Å². The summed E-state index contributed by atoms with van der Waals surface area (Å²) in [6.07, 6.45) is -0.262. The van der Waals surface area contributed by atoms with Crippen LogP contribution in [0.3, 0.4) is 0 Å². The van der Waals surface area contributed by atoms with Gasteiger partial charge in [-0.25, -0.2) is 13.1 Å². The second-order valence-electron chi connectivity index (χ2n) is 5.36. The normalized spacial score (nSPS) is 12.9. The van der Waals surface area contributed by atoms with E-state index in [1.54, 1.807) is 13.0 Å². The minimum atomic E-state index is -3.53. The first-order valence-electron chi connectivity index (χ1n) is 7.17. The fraction of sp³-hybridized carbons (Fsp3) is 0.294. The number of hydrogen-bond acceptors (Lipinski definition) is 3. The van der Waals surface area contributed by atoms with Gasteiger partial charge >= 0.3 is 0 Å². The van der Waals surface area contributed by atoms with Crippen LogP contribution in [0.2, 0.25) is 0 Å². The third-order valence-corrected chi connectivity index (χ3v) is 4.84. The Kier molecular flexibility index (Phi) is 5.21. The van der Waals surface area contributed by atoms with Gasteiger partial charge in [0.1, 0.15) is 11.9 Å². The average Bonchev–Trinajstić information content (AvgIpc) is 2.49. The van der Waals surface area contributed by atoms with E-state index in [0.29, 0.717) is 4.90 Å². The number of rotatable bonds is 6. The first-order valence-corrected chi connectivity index (χ1v) is 8.65. The van der Waals surface area contributed by atoms with E-state index >= 15 is 0 Å². The van der Waals surface area contributed by atoms with Crippen LogP contribution in [-0.4, -0.2) is 21.1 Å². The van der Waals surface area contributed by atoms with Crippen molar-refractivity contribution in [1.29, 1.82) is 0 Å². The lowest BCUT2D eigenvalue weighted by atomic mass is 10.2. The van der Waals surface area contributed by atoms with E-state index in [0.717, 1.165) is 16.9 Å². The second kappa shape index (κ2) is 6.94. The van der Waals surface area contributed by atoms with Crippen LogP contribution in [0, 0.1) is 13.8 Å². The number of aryl methyl sites for hydroxylation is 2. The number of para-hydroxylation sites is 1. The average molecular weight is 319 g/mol. The third-order valence-electron chi connectivity index (χ3n) is 3.27. The predicted octanol–water partition coefficient (Wildman–Crippen LogP) is 3.05. The molecule has 118 valence electrons. The van der Waals surface area contributed by atoms with Gasteiger partial charge in [-0.1, -0.05) is 30.3 Å². The van der Waals surface area contributed by atoms with E-state index < -0.39 is 10.0 Å². The molecule has 0 aliphatic heterocycles. The number of ether oxygens (including phenoxy) is 1. The molecule has 2 aromatic rings. The van der Waals surface area contributed by atoms with Crippen molar-refractivity contribution in [2.75, 3.05) is 6.54 Å². The highest BCUT2D eigenvalue weighted by Crippen LogP contribution is 2.17. The highest BCUT2D eigenvalue weighted by molar-refractivity contribution is 7.89. The molecule has 4 nitrogen and oxygen atoms in total. The molecule has 1 N–H and O–H groups in total. The lowest BCUT2D eigenvalue weighted by molar-refractivity contribution is 0.225. The molecule has 0 aromatic heterocycles. The smallest absolute Gasteiger partial charge is 0.240 e. The lowest BCUT2D eigenvalue weighted by Crippen LogP contribution is -2.34. The quantitative estimate of drug-likeness (QED) is 0.890. The molecule has 1 atom stereocenters. The summed E-state index contributed by atoms with van der Waals surface area (Å²) < 4.78 is 33.1. The standard InChI is InChI=1S/C17H21NO3S/c1-13-9-10-14(2)17(11-13)22(19,20)18-12-15(3)21-16-7-5-4-6-8-16/h4-11,15,18H,12H2,1-3H3. The van der Waals surface area contributed by atoms with Crippen LogP contribution in [0.1, 0.15) is 18.1 Å². The molecule has 2 aromatic carbocycles. The summed E-state index contributed by atoms with van der Waals surface area (Å²) in [4.78, 5) is 0.319. The summed E-state index contributed by atoms with van der Waals surface area (Å²) in [5, 5.41) is 0. The summed E-state index contributed by atoms with van der Waals surface area (Å²) in [5.74, 6) is 0.723. The molecular weight excluding hydrogens is 298 g/mol. The Balaban J connectivity index is 2.02. The van der Waals surface area contributed by atoms with Crippen LogP contribution in [-0.2, 0) is 10.0 Å². The van der Waals surface area contributed by atoms with E-state index in [-0.39, 0.29) is 12.6 Å². The zero-order valence-electron chi connectivity index (χ0n) is 13.0. The van der Waals surface area contributed by atoms with Crippen LogP contribution in [0.15, 0.2) is 53.4 Å². The van der Waals surface area contributed by atoms with Gasteiger partial charge in [-0.3, -0.25) is 0 Å². The largest absolute Gasteiger partial charge is 0.489 e. The van der Waals surface area contributed by atoms with Gasteiger partial charge < -0.3 is 4.74 Å². The lowest BCUT2D eigenvalue weighted by Gasteiger charge is -2.16. The van der Waals surface area contributed by atoms with Gasteiger partial charge in [0, 0.05) is 6.54 Å². The molecule has 0 bridgehead atoms. The maximum atomic E-state index is 12.4. The Morgan fingerprint density at radius 2 is 1.77 bits per heavy atom. The van der Waals surface area contributed by atoms with Gasteiger partial charge in [0.05, 0.1) is 4.90 Å². The fourth-order valence-electron chi connectivity index (χ4n) is 2.07. The second-order valence-corrected chi connectivity index (χ2v) is 7.10. The molecule has 0 saturated carbocycles. The fourth-order valence-corrected chi connectivity index (χ4v) is 3.52. The van der Waals surface area contributed by atoms with E-state index in [2.05, 4.69) is 4.72 Å². The van der Waals surface area contributed by atoms with Crippen molar-refractivity contribution in [3.8, 4) is 5.75 Å². The van der Waals surface area contributed by atoms with Crippen molar-refractivity contribution in [3.05, 3.63) is 59.7 Å². The van der Waals surface area contributed by atoms with Gasteiger partial charge in [0.25, 0.3) is 0 Å². The number of nitrogens with one attached hydrogen (secondary N) is 1.